The van der Waals surface area contributed by atoms with E-state index in [-0.39, 0.29) is 0 Å². The highest BCUT2D eigenvalue weighted by Gasteiger charge is 2.33. The van der Waals surface area contributed by atoms with E-state index in [0.29, 0.717) is 10.5 Å². The minimum Gasteiger partial charge on any atom is -0.252 e. The van der Waals surface area contributed by atoms with Crippen LogP contribution in [0.2, 0.25) is 0 Å². The molecule has 4 rings (SSSR count). The standard InChI is InChI=1S/C15H11NS/c1-4-8-14-10(5-1)9-13-15(17-14)11-6-2-3-7-12(11)16-13/h1-9,14-15H. The molecule has 1 aromatic carbocycles. The summed E-state index contributed by atoms with van der Waals surface area (Å²) in [7, 11) is 0. The number of benzene rings is 1. The second-order valence-electron chi connectivity index (χ2n) is 4.42. The number of aliphatic imine (C=N–C) groups is 1. The molecule has 2 heterocycles. The molecule has 0 aromatic heterocycles. The lowest BCUT2D eigenvalue weighted by molar-refractivity contribution is 1.22. The zero-order valence-electron chi connectivity index (χ0n) is 9.21. The Bertz CT molecular complexity index is 607. The molecule has 2 heteroatoms. The fourth-order valence-corrected chi connectivity index (χ4v) is 3.91. The van der Waals surface area contributed by atoms with Gasteiger partial charge in [0, 0.05) is 5.25 Å². The van der Waals surface area contributed by atoms with E-state index in [0.717, 1.165) is 5.69 Å². The van der Waals surface area contributed by atoms with Gasteiger partial charge in [0.15, 0.2) is 0 Å². The summed E-state index contributed by atoms with van der Waals surface area (Å²) < 4.78 is 0. The molecule has 0 fully saturated rings. The van der Waals surface area contributed by atoms with Crippen LogP contribution >= 0.6 is 11.8 Å². The molecule has 0 N–H and O–H groups in total. The van der Waals surface area contributed by atoms with Crippen LogP contribution in [0.3, 0.4) is 0 Å². The van der Waals surface area contributed by atoms with Gasteiger partial charge in [0.05, 0.1) is 16.6 Å². The number of para-hydroxylation sites is 1. The quantitative estimate of drug-likeness (QED) is 0.664. The Labute approximate surface area is 105 Å². The van der Waals surface area contributed by atoms with Crippen LogP contribution in [0, 0.1) is 0 Å². The van der Waals surface area contributed by atoms with Gasteiger partial charge in [-0.1, -0.05) is 42.5 Å². The van der Waals surface area contributed by atoms with Crippen molar-refractivity contribution < 1.29 is 0 Å². The molecule has 1 nitrogen and oxygen atoms in total. The van der Waals surface area contributed by atoms with Crippen LogP contribution in [0.4, 0.5) is 5.69 Å². The van der Waals surface area contributed by atoms with Gasteiger partial charge < -0.3 is 0 Å². The summed E-state index contributed by atoms with van der Waals surface area (Å²) in [6.07, 6.45) is 11.0. The maximum atomic E-state index is 4.73. The number of rotatable bonds is 0. The number of fused-ring (bicyclic) bond motifs is 4. The fraction of sp³-hybridized carbons (Fsp3) is 0.133. The molecular weight excluding hydrogens is 226 g/mol. The lowest BCUT2D eigenvalue weighted by Crippen LogP contribution is -2.17. The number of allylic oxidation sites excluding steroid dienone is 4. The molecule has 2 unspecified atom stereocenters. The third kappa shape index (κ3) is 1.37. The Morgan fingerprint density at radius 2 is 2.06 bits per heavy atom. The van der Waals surface area contributed by atoms with Crippen LogP contribution in [-0.2, 0) is 0 Å². The first-order chi connectivity index (χ1) is 8.42. The largest absolute Gasteiger partial charge is 0.252 e. The van der Waals surface area contributed by atoms with Gasteiger partial charge in [-0.25, -0.2) is 0 Å². The van der Waals surface area contributed by atoms with Gasteiger partial charge in [-0.3, -0.25) is 4.99 Å². The topological polar surface area (TPSA) is 12.4 Å². The van der Waals surface area contributed by atoms with Gasteiger partial charge in [0.25, 0.3) is 0 Å². The molecule has 1 aromatic rings. The molecule has 1 aliphatic carbocycles. The smallest absolute Gasteiger partial charge is 0.0749 e. The van der Waals surface area contributed by atoms with Crippen molar-refractivity contribution in [1.29, 1.82) is 0 Å². The molecular formula is C15H11NS. The Kier molecular flexibility index (Phi) is 1.94. The first kappa shape index (κ1) is 9.49. The van der Waals surface area contributed by atoms with Gasteiger partial charge in [-0.2, -0.15) is 0 Å². The van der Waals surface area contributed by atoms with E-state index in [1.165, 1.54) is 16.8 Å². The highest BCUT2D eigenvalue weighted by atomic mass is 32.2. The van der Waals surface area contributed by atoms with Crippen molar-refractivity contribution >= 4 is 23.2 Å². The summed E-state index contributed by atoms with van der Waals surface area (Å²) in [6.45, 7) is 0. The SMILES string of the molecule is C1=CC2=CC3=Nc4ccccc4C3SC2C=C1. The first-order valence-corrected chi connectivity index (χ1v) is 6.75. The van der Waals surface area contributed by atoms with Gasteiger partial charge in [-0.15, -0.1) is 11.8 Å². The Hall–Kier alpha value is -1.54. The minimum absolute atomic E-state index is 0.427. The third-order valence-electron chi connectivity index (χ3n) is 3.35. The van der Waals surface area contributed by atoms with Crippen LogP contribution in [0.1, 0.15) is 10.8 Å². The maximum Gasteiger partial charge on any atom is 0.0749 e. The van der Waals surface area contributed by atoms with E-state index in [9.17, 15) is 0 Å². The van der Waals surface area contributed by atoms with Gasteiger partial charge in [0.2, 0.25) is 0 Å². The molecule has 0 saturated heterocycles. The van der Waals surface area contributed by atoms with Crippen molar-refractivity contribution in [1.82, 2.24) is 0 Å². The van der Waals surface area contributed by atoms with Crippen LogP contribution in [-0.4, -0.2) is 11.0 Å². The monoisotopic (exact) mass is 237 g/mol. The molecule has 0 amide bonds. The number of hydrogen-bond donors (Lipinski definition) is 0. The number of hydrogen-bond acceptors (Lipinski definition) is 2. The Balaban J connectivity index is 1.84. The van der Waals surface area contributed by atoms with Crippen molar-refractivity contribution in [2.45, 2.75) is 10.5 Å². The first-order valence-electron chi connectivity index (χ1n) is 5.81. The van der Waals surface area contributed by atoms with Crippen molar-refractivity contribution in [2.24, 2.45) is 4.99 Å². The van der Waals surface area contributed by atoms with Crippen molar-refractivity contribution in [2.75, 3.05) is 0 Å². The fourth-order valence-electron chi connectivity index (χ4n) is 2.53. The summed E-state index contributed by atoms with van der Waals surface area (Å²) in [5, 5.41) is 0.922. The molecule has 2 atom stereocenters. The molecule has 82 valence electrons. The molecule has 0 saturated carbocycles. The minimum atomic E-state index is 0.427. The molecule has 17 heavy (non-hydrogen) atoms. The van der Waals surface area contributed by atoms with E-state index < -0.39 is 0 Å². The number of thioether (sulfide) groups is 1. The molecule has 0 spiro atoms. The van der Waals surface area contributed by atoms with Crippen molar-refractivity contribution in [3.05, 3.63) is 65.8 Å². The average molecular weight is 237 g/mol. The zero-order chi connectivity index (χ0) is 11.2. The molecule has 0 bridgehead atoms. The van der Waals surface area contributed by atoms with E-state index in [1.54, 1.807) is 0 Å². The predicted octanol–water partition coefficient (Wildman–Crippen LogP) is 3.98. The van der Waals surface area contributed by atoms with E-state index >= 15 is 0 Å². The van der Waals surface area contributed by atoms with Crippen LogP contribution in [0.15, 0.2) is 65.2 Å². The van der Waals surface area contributed by atoms with Crippen molar-refractivity contribution in [3.8, 4) is 0 Å². The second-order valence-corrected chi connectivity index (χ2v) is 5.67. The van der Waals surface area contributed by atoms with E-state index in [2.05, 4.69) is 54.6 Å². The zero-order valence-corrected chi connectivity index (χ0v) is 10.0. The Morgan fingerprint density at radius 3 is 3.06 bits per heavy atom. The summed E-state index contributed by atoms with van der Waals surface area (Å²) in [4.78, 5) is 4.73. The molecule has 3 aliphatic rings. The average Bonchev–Trinajstić information content (AvgIpc) is 2.73. The van der Waals surface area contributed by atoms with Crippen LogP contribution in [0.5, 0.6) is 0 Å². The van der Waals surface area contributed by atoms with Crippen LogP contribution in [0.25, 0.3) is 0 Å². The highest BCUT2D eigenvalue weighted by Crippen LogP contribution is 2.49. The summed E-state index contributed by atoms with van der Waals surface area (Å²) in [5.41, 5.74) is 5.09. The lowest BCUT2D eigenvalue weighted by Gasteiger charge is -2.26. The predicted molar refractivity (Wildman–Crippen MR) is 74.0 cm³/mol. The van der Waals surface area contributed by atoms with Gasteiger partial charge >= 0.3 is 0 Å². The van der Waals surface area contributed by atoms with Crippen molar-refractivity contribution in [3.63, 3.8) is 0 Å². The number of nitrogens with zero attached hydrogens (tertiary/aromatic N) is 1. The maximum absolute atomic E-state index is 4.73. The third-order valence-corrected chi connectivity index (χ3v) is 4.84. The van der Waals surface area contributed by atoms with Crippen LogP contribution < -0.4 is 0 Å². The summed E-state index contributed by atoms with van der Waals surface area (Å²) >= 11 is 1.99. The summed E-state index contributed by atoms with van der Waals surface area (Å²) in [6, 6.07) is 8.47. The van der Waals surface area contributed by atoms with E-state index in [1.807, 2.05) is 11.8 Å². The Morgan fingerprint density at radius 1 is 1.12 bits per heavy atom. The lowest BCUT2D eigenvalue weighted by atomic mass is 10.0. The van der Waals surface area contributed by atoms with Gasteiger partial charge in [-0.05, 0) is 23.3 Å². The second kappa shape index (κ2) is 3.47. The molecule has 2 aliphatic heterocycles. The van der Waals surface area contributed by atoms with E-state index in [4.69, 9.17) is 4.99 Å². The highest BCUT2D eigenvalue weighted by molar-refractivity contribution is 8.01. The van der Waals surface area contributed by atoms with Gasteiger partial charge in [0.1, 0.15) is 0 Å². The normalized spacial score (nSPS) is 28.0. The summed E-state index contributed by atoms with van der Waals surface area (Å²) in [5.74, 6) is 0. The molecule has 0 radical (unpaired) electrons.